The molecule has 6 nitrogen and oxygen atoms in total. The minimum Gasteiger partial charge on any atom is -0.462 e. The smallest absolute Gasteiger partial charge is 0.306 e. The van der Waals surface area contributed by atoms with Crippen LogP contribution in [0.5, 0.6) is 0 Å². The normalized spacial score (nSPS) is 11.9. The third-order valence-corrected chi connectivity index (χ3v) is 8.29. The van der Waals surface area contributed by atoms with Crippen LogP contribution in [0.4, 0.5) is 0 Å². The maximum absolute atomic E-state index is 12.6. The molecule has 0 N–H and O–H groups in total. The van der Waals surface area contributed by atoms with Crippen LogP contribution in [-0.2, 0) is 28.6 Å². The fourth-order valence-corrected chi connectivity index (χ4v) is 5.39. The highest BCUT2D eigenvalue weighted by Gasteiger charge is 2.19. The first kappa shape index (κ1) is 42.4. The van der Waals surface area contributed by atoms with Gasteiger partial charge in [-0.1, -0.05) is 163 Å². The van der Waals surface area contributed by atoms with Gasteiger partial charge >= 0.3 is 17.9 Å². The minimum atomic E-state index is -0.755. The van der Waals surface area contributed by atoms with Crippen LogP contribution in [0.2, 0.25) is 0 Å². The molecule has 0 aromatic rings. The van der Waals surface area contributed by atoms with Crippen LogP contribution in [0.1, 0.15) is 201 Å². The number of rotatable bonds is 33. The van der Waals surface area contributed by atoms with E-state index in [0.717, 1.165) is 70.1 Å². The van der Waals surface area contributed by atoms with Crippen molar-refractivity contribution in [2.45, 2.75) is 207 Å². The number of unbranched alkanes of at least 4 members (excludes halogenated alkanes) is 20. The molecule has 260 valence electrons. The van der Waals surface area contributed by atoms with Crippen molar-refractivity contribution in [2.24, 2.45) is 5.92 Å². The first-order chi connectivity index (χ1) is 21.4. The van der Waals surface area contributed by atoms with Crippen molar-refractivity contribution in [2.75, 3.05) is 13.2 Å². The molecule has 0 unspecified atom stereocenters. The van der Waals surface area contributed by atoms with Gasteiger partial charge in [0.15, 0.2) is 6.10 Å². The van der Waals surface area contributed by atoms with Crippen molar-refractivity contribution in [1.82, 2.24) is 0 Å². The largest absolute Gasteiger partial charge is 0.462 e. The zero-order chi connectivity index (χ0) is 32.5. The lowest BCUT2D eigenvalue weighted by atomic mass is 10.0. The molecular weight excluding hydrogens is 552 g/mol. The molecule has 0 aliphatic heterocycles. The van der Waals surface area contributed by atoms with E-state index in [4.69, 9.17) is 14.2 Å². The molecule has 0 aromatic heterocycles. The molecule has 0 fully saturated rings. The summed E-state index contributed by atoms with van der Waals surface area (Å²) < 4.78 is 16.4. The predicted molar refractivity (Wildman–Crippen MR) is 183 cm³/mol. The second-order valence-corrected chi connectivity index (χ2v) is 13.3. The van der Waals surface area contributed by atoms with Crippen molar-refractivity contribution in [3.05, 3.63) is 0 Å². The van der Waals surface area contributed by atoms with Crippen LogP contribution < -0.4 is 0 Å². The molecule has 6 heteroatoms. The van der Waals surface area contributed by atoms with Crippen molar-refractivity contribution >= 4 is 17.9 Å². The Bertz CT molecular complexity index is 662. The Morgan fingerprint density at radius 1 is 0.432 bits per heavy atom. The molecule has 0 amide bonds. The zero-order valence-electron chi connectivity index (χ0n) is 29.6. The van der Waals surface area contributed by atoms with Gasteiger partial charge in [-0.3, -0.25) is 14.4 Å². The molecule has 1 atom stereocenters. The average Bonchev–Trinajstić information content (AvgIpc) is 3.00. The van der Waals surface area contributed by atoms with Gasteiger partial charge in [-0.05, 0) is 25.2 Å². The monoisotopic (exact) mass is 625 g/mol. The Morgan fingerprint density at radius 2 is 0.750 bits per heavy atom. The number of carbonyl (C=O) groups is 3. The Balaban J connectivity index is 4.23. The molecule has 0 aliphatic rings. The fraction of sp³-hybridized carbons (Fsp3) is 0.921. The number of hydrogen-bond acceptors (Lipinski definition) is 6. The summed E-state index contributed by atoms with van der Waals surface area (Å²) in [5.74, 6) is -0.0611. The summed E-state index contributed by atoms with van der Waals surface area (Å²) in [5, 5.41) is 0. The second-order valence-electron chi connectivity index (χ2n) is 13.3. The Kier molecular flexibility index (Phi) is 31.6. The maximum atomic E-state index is 12.6. The van der Waals surface area contributed by atoms with Crippen LogP contribution >= 0.6 is 0 Å². The third kappa shape index (κ3) is 31.8. The first-order valence-corrected chi connectivity index (χ1v) is 18.9. The molecule has 44 heavy (non-hydrogen) atoms. The van der Waals surface area contributed by atoms with Crippen molar-refractivity contribution in [3.8, 4) is 0 Å². The highest BCUT2D eigenvalue weighted by atomic mass is 16.6. The number of esters is 3. The molecular formula is C38H72O6. The van der Waals surface area contributed by atoms with Gasteiger partial charge in [-0.15, -0.1) is 0 Å². The third-order valence-electron chi connectivity index (χ3n) is 8.29. The molecule has 0 radical (unpaired) electrons. The van der Waals surface area contributed by atoms with Crippen LogP contribution in [0.25, 0.3) is 0 Å². The second kappa shape index (κ2) is 32.8. The fourth-order valence-electron chi connectivity index (χ4n) is 5.39. The van der Waals surface area contributed by atoms with Crippen LogP contribution in [0.15, 0.2) is 0 Å². The summed E-state index contributed by atoms with van der Waals surface area (Å²) in [6.45, 7) is 8.83. The lowest BCUT2D eigenvalue weighted by Crippen LogP contribution is -2.30. The lowest BCUT2D eigenvalue weighted by Gasteiger charge is -2.18. The minimum absolute atomic E-state index is 0.0669. The molecule has 0 aromatic carbocycles. The summed E-state index contributed by atoms with van der Waals surface area (Å²) in [6, 6.07) is 0. The van der Waals surface area contributed by atoms with Gasteiger partial charge in [0.1, 0.15) is 13.2 Å². The summed E-state index contributed by atoms with van der Waals surface area (Å²) in [7, 11) is 0. The summed E-state index contributed by atoms with van der Waals surface area (Å²) in [5.41, 5.74) is 0. The molecule has 0 rings (SSSR count). The van der Waals surface area contributed by atoms with Crippen molar-refractivity contribution in [1.29, 1.82) is 0 Å². The standard InChI is InChI=1S/C38H72O6/c1-5-7-9-11-17-22-26-30-37(40)43-33-35(32-42-36(39)29-25-20-10-8-6-2)44-38(41)31-27-23-19-16-14-12-13-15-18-21-24-28-34(3)4/h34-35H,5-33H2,1-4H3/t35-/m0/s1. The lowest BCUT2D eigenvalue weighted by molar-refractivity contribution is -0.167. The number of carbonyl (C=O) groups excluding carboxylic acids is 3. The predicted octanol–water partition coefficient (Wildman–Crippen LogP) is 11.2. The van der Waals surface area contributed by atoms with E-state index in [0.29, 0.717) is 19.3 Å². The molecule has 0 saturated heterocycles. The number of hydrogen-bond donors (Lipinski definition) is 0. The maximum Gasteiger partial charge on any atom is 0.306 e. The molecule has 0 saturated carbocycles. The van der Waals surface area contributed by atoms with E-state index in [1.54, 1.807) is 0 Å². The molecule has 0 aliphatic carbocycles. The van der Waals surface area contributed by atoms with Crippen LogP contribution in [-0.4, -0.2) is 37.2 Å². The van der Waals surface area contributed by atoms with Gasteiger partial charge in [-0.2, -0.15) is 0 Å². The highest BCUT2D eigenvalue weighted by molar-refractivity contribution is 5.71. The Hall–Kier alpha value is -1.59. The SMILES string of the molecule is CCCCCCCCCC(=O)OC[C@H](COC(=O)CCCCCCC)OC(=O)CCCCCCCCCCCCCC(C)C. The summed E-state index contributed by atoms with van der Waals surface area (Å²) >= 11 is 0. The first-order valence-electron chi connectivity index (χ1n) is 18.9. The Labute approximate surface area is 272 Å². The van der Waals surface area contributed by atoms with E-state index in [1.165, 1.54) is 89.9 Å². The van der Waals surface area contributed by atoms with E-state index >= 15 is 0 Å². The van der Waals surface area contributed by atoms with E-state index in [-0.39, 0.29) is 31.1 Å². The molecule has 0 heterocycles. The summed E-state index contributed by atoms with van der Waals surface area (Å²) in [6.07, 6.45) is 28.4. The van der Waals surface area contributed by atoms with E-state index in [1.807, 2.05) is 0 Å². The Morgan fingerprint density at radius 3 is 1.11 bits per heavy atom. The van der Waals surface area contributed by atoms with Gasteiger partial charge in [0.2, 0.25) is 0 Å². The number of ether oxygens (including phenoxy) is 3. The van der Waals surface area contributed by atoms with E-state index < -0.39 is 6.10 Å². The van der Waals surface area contributed by atoms with E-state index in [9.17, 15) is 14.4 Å². The van der Waals surface area contributed by atoms with Gasteiger partial charge in [0.25, 0.3) is 0 Å². The zero-order valence-corrected chi connectivity index (χ0v) is 29.6. The van der Waals surface area contributed by atoms with Crippen molar-refractivity contribution < 1.29 is 28.6 Å². The van der Waals surface area contributed by atoms with Gasteiger partial charge in [0.05, 0.1) is 0 Å². The van der Waals surface area contributed by atoms with Crippen LogP contribution in [0, 0.1) is 5.92 Å². The highest BCUT2D eigenvalue weighted by Crippen LogP contribution is 2.15. The van der Waals surface area contributed by atoms with Crippen LogP contribution in [0.3, 0.4) is 0 Å². The average molecular weight is 625 g/mol. The van der Waals surface area contributed by atoms with Gasteiger partial charge in [0, 0.05) is 19.3 Å². The van der Waals surface area contributed by atoms with Gasteiger partial charge in [-0.25, -0.2) is 0 Å². The quantitative estimate of drug-likeness (QED) is 0.0410. The van der Waals surface area contributed by atoms with E-state index in [2.05, 4.69) is 27.7 Å². The summed E-state index contributed by atoms with van der Waals surface area (Å²) in [4.78, 5) is 37.1. The topological polar surface area (TPSA) is 78.9 Å². The van der Waals surface area contributed by atoms with Gasteiger partial charge < -0.3 is 14.2 Å². The molecule has 0 bridgehead atoms. The molecule has 0 spiro atoms. The van der Waals surface area contributed by atoms with Crippen molar-refractivity contribution in [3.63, 3.8) is 0 Å².